The lowest BCUT2D eigenvalue weighted by atomic mass is 10.2. The summed E-state index contributed by atoms with van der Waals surface area (Å²) >= 11 is 0. The topological polar surface area (TPSA) is 41.6 Å². The average Bonchev–Trinajstić information content (AvgIpc) is 2.45. The quantitative estimate of drug-likeness (QED) is 0.706. The number of unbranched alkanes of at least 4 members (excludes halogenated alkanes) is 3. The predicted molar refractivity (Wildman–Crippen MR) is 83.3 cm³/mol. The zero-order valence-electron chi connectivity index (χ0n) is 12.8. The molecule has 0 spiro atoms. The van der Waals surface area contributed by atoms with E-state index in [1.54, 1.807) is 19.0 Å². The maximum atomic E-state index is 11.4. The van der Waals surface area contributed by atoms with E-state index in [1.165, 1.54) is 19.3 Å². The van der Waals surface area contributed by atoms with Crippen molar-refractivity contribution in [2.45, 2.75) is 32.6 Å². The van der Waals surface area contributed by atoms with Gasteiger partial charge in [0.2, 0.25) is 5.91 Å². The van der Waals surface area contributed by atoms with Gasteiger partial charge in [-0.25, -0.2) is 0 Å². The van der Waals surface area contributed by atoms with Gasteiger partial charge < -0.3 is 15.0 Å². The highest BCUT2D eigenvalue weighted by molar-refractivity contribution is 5.80. The Morgan fingerprint density at radius 3 is 2.45 bits per heavy atom. The molecule has 1 N–H and O–H groups in total. The van der Waals surface area contributed by atoms with Crippen molar-refractivity contribution in [2.75, 3.05) is 32.6 Å². The fraction of sp³-hybridized carbons (Fsp3) is 0.562. The number of benzene rings is 1. The highest BCUT2D eigenvalue weighted by atomic mass is 16.5. The molecule has 0 atom stereocenters. The molecule has 0 heterocycles. The lowest BCUT2D eigenvalue weighted by molar-refractivity contribution is -0.126. The number of ether oxygens (including phenoxy) is 1. The van der Waals surface area contributed by atoms with Gasteiger partial charge in [0, 0.05) is 19.8 Å². The van der Waals surface area contributed by atoms with Gasteiger partial charge >= 0.3 is 0 Å². The highest BCUT2D eigenvalue weighted by Gasteiger charge is 2.03. The number of rotatable bonds is 9. The molecule has 0 radical (unpaired) electrons. The fourth-order valence-corrected chi connectivity index (χ4v) is 1.72. The van der Waals surface area contributed by atoms with Gasteiger partial charge in [-0.05, 0) is 30.7 Å². The van der Waals surface area contributed by atoms with Gasteiger partial charge in [0.25, 0.3) is 0 Å². The van der Waals surface area contributed by atoms with Crippen molar-refractivity contribution < 1.29 is 9.53 Å². The molecule has 1 aromatic rings. The monoisotopic (exact) mass is 278 g/mol. The summed E-state index contributed by atoms with van der Waals surface area (Å²) < 4.78 is 5.67. The van der Waals surface area contributed by atoms with E-state index >= 15 is 0 Å². The minimum Gasteiger partial charge on any atom is -0.494 e. The number of amides is 1. The molecule has 0 fully saturated rings. The Morgan fingerprint density at radius 1 is 1.15 bits per heavy atom. The van der Waals surface area contributed by atoms with E-state index in [0.29, 0.717) is 6.54 Å². The smallest absolute Gasteiger partial charge is 0.241 e. The summed E-state index contributed by atoms with van der Waals surface area (Å²) in [6.45, 7) is 3.28. The lowest BCUT2D eigenvalue weighted by Crippen LogP contribution is -2.28. The van der Waals surface area contributed by atoms with Crippen molar-refractivity contribution in [1.29, 1.82) is 0 Å². The lowest BCUT2D eigenvalue weighted by Gasteiger charge is -2.12. The Balaban J connectivity index is 2.27. The first-order valence-electron chi connectivity index (χ1n) is 7.30. The van der Waals surface area contributed by atoms with Crippen molar-refractivity contribution in [3.8, 4) is 5.75 Å². The maximum Gasteiger partial charge on any atom is 0.241 e. The van der Waals surface area contributed by atoms with Crippen LogP contribution in [-0.2, 0) is 4.79 Å². The summed E-state index contributed by atoms with van der Waals surface area (Å²) in [4.78, 5) is 13.0. The molecule has 1 amide bonds. The van der Waals surface area contributed by atoms with Crippen LogP contribution < -0.4 is 10.1 Å². The van der Waals surface area contributed by atoms with Gasteiger partial charge in [0.05, 0.1) is 13.2 Å². The molecule has 0 unspecified atom stereocenters. The first kappa shape index (κ1) is 16.3. The summed E-state index contributed by atoms with van der Waals surface area (Å²) in [5, 5.41) is 3.09. The SMILES string of the molecule is CCCCCCOc1ccc(NCC(=O)N(C)C)cc1. The Morgan fingerprint density at radius 2 is 1.85 bits per heavy atom. The number of hydrogen-bond donors (Lipinski definition) is 1. The number of likely N-dealkylation sites (N-methyl/N-ethyl adjacent to an activating group) is 1. The van der Waals surface area contributed by atoms with E-state index < -0.39 is 0 Å². The molecule has 0 bridgehead atoms. The number of carbonyl (C=O) groups excluding carboxylic acids is 1. The van der Waals surface area contributed by atoms with Crippen LogP contribution in [0.15, 0.2) is 24.3 Å². The summed E-state index contributed by atoms with van der Waals surface area (Å²) in [7, 11) is 3.50. The van der Waals surface area contributed by atoms with Crippen LogP contribution in [0.1, 0.15) is 32.6 Å². The number of anilines is 1. The zero-order valence-corrected chi connectivity index (χ0v) is 12.8. The molecule has 4 heteroatoms. The van der Waals surface area contributed by atoms with Crippen LogP contribution in [0.25, 0.3) is 0 Å². The van der Waals surface area contributed by atoms with Gasteiger partial charge in [0.15, 0.2) is 0 Å². The van der Waals surface area contributed by atoms with Gasteiger partial charge in [-0.3, -0.25) is 4.79 Å². The minimum absolute atomic E-state index is 0.0567. The highest BCUT2D eigenvalue weighted by Crippen LogP contribution is 2.16. The standard InChI is InChI=1S/C16H26N2O2/c1-4-5-6-7-12-20-15-10-8-14(9-11-15)17-13-16(19)18(2)3/h8-11,17H,4-7,12-13H2,1-3H3. The van der Waals surface area contributed by atoms with Gasteiger partial charge in [0.1, 0.15) is 5.75 Å². The Kier molecular flexibility index (Phi) is 7.55. The molecule has 0 saturated carbocycles. The number of nitrogens with zero attached hydrogens (tertiary/aromatic N) is 1. The van der Waals surface area contributed by atoms with Crippen molar-refractivity contribution in [3.05, 3.63) is 24.3 Å². The molecule has 20 heavy (non-hydrogen) atoms. The molecular weight excluding hydrogens is 252 g/mol. The second-order valence-corrected chi connectivity index (χ2v) is 5.08. The Bertz CT molecular complexity index is 388. The summed E-state index contributed by atoms with van der Waals surface area (Å²) in [6, 6.07) is 7.74. The van der Waals surface area contributed by atoms with E-state index in [1.807, 2.05) is 24.3 Å². The molecule has 1 aromatic carbocycles. The predicted octanol–water partition coefficient (Wildman–Crippen LogP) is 3.15. The van der Waals surface area contributed by atoms with Crippen LogP contribution in [-0.4, -0.2) is 38.1 Å². The van der Waals surface area contributed by atoms with Crippen LogP contribution in [0.2, 0.25) is 0 Å². The average molecular weight is 278 g/mol. The van der Waals surface area contributed by atoms with Gasteiger partial charge in [-0.15, -0.1) is 0 Å². The Labute approximate surface area is 122 Å². The van der Waals surface area contributed by atoms with Gasteiger partial charge in [-0.1, -0.05) is 26.2 Å². The van der Waals surface area contributed by atoms with Crippen LogP contribution in [0, 0.1) is 0 Å². The van der Waals surface area contributed by atoms with Crippen molar-refractivity contribution in [1.82, 2.24) is 4.90 Å². The molecule has 0 aliphatic heterocycles. The molecule has 0 aliphatic carbocycles. The summed E-state index contributed by atoms with van der Waals surface area (Å²) in [5.74, 6) is 0.937. The van der Waals surface area contributed by atoms with Crippen molar-refractivity contribution in [3.63, 3.8) is 0 Å². The van der Waals surface area contributed by atoms with E-state index in [-0.39, 0.29) is 5.91 Å². The van der Waals surface area contributed by atoms with Crippen LogP contribution in [0.5, 0.6) is 5.75 Å². The molecule has 4 nitrogen and oxygen atoms in total. The molecule has 1 rings (SSSR count). The summed E-state index contributed by atoms with van der Waals surface area (Å²) in [5.41, 5.74) is 0.929. The third-order valence-electron chi connectivity index (χ3n) is 3.06. The summed E-state index contributed by atoms with van der Waals surface area (Å²) in [6.07, 6.45) is 4.84. The first-order chi connectivity index (χ1) is 9.63. The number of nitrogens with one attached hydrogen (secondary N) is 1. The van der Waals surface area contributed by atoms with Crippen LogP contribution in [0.4, 0.5) is 5.69 Å². The first-order valence-corrected chi connectivity index (χ1v) is 7.30. The zero-order chi connectivity index (χ0) is 14.8. The molecule has 0 saturated heterocycles. The molecule has 0 aliphatic rings. The van der Waals surface area contributed by atoms with E-state index in [0.717, 1.165) is 24.5 Å². The van der Waals surface area contributed by atoms with E-state index in [2.05, 4.69) is 12.2 Å². The van der Waals surface area contributed by atoms with Crippen LogP contribution in [0.3, 0.4) is 0 Å². The van der Waals surface area contributed by atoms with E-state index in [4.69, 9.17) is 4.74 Å². The largest absolute Gasteiger partial charge is 0.494 e. The Hall–Kier alpha value is -1.71. The second kappa shape index (κ2) is 9.23. The van der Waals surface area contributed by atoms with Crippen molar-refractivity contribution in [2.24, 2.45) is 0 Å². The molecule has 0 aromatic heterocycles. The number of carbonyl (C=O) groups is 1. The van der Waals surface area contributed by atoms with Crippen molar-refractivity contribution >= 4 is 11.6 Å². The fourth-order valence-electron chi connectivity index (χ4n) is 1.72. The minimum atomic E-state index is 0.0567. The number of hydrogen-bond acceptors (Lipinski definition) is 3. The molecule has 112 valence electrons. The van der Waals surface area contributed by atoms with E-state index in [9.17, 15) is 4.79 Å². The van der Waals surface area contributed by atoms with Gasteiger partial charge in [-0.2, -0.15) is 0 Å². The normalized spacial score (nSPS) is 10.2. The second-order valence-electron chi connectivity index (χ2n) is 5.08. The maximum absolute atomic E-state index is 11.4. The molecular formula is C16H26N2O2. The third kappa shape index (κ3) is 6.45. The third-order valence-corrected chi connectivity index (χ3v) is 3.06. The van der Waals surface area contributed by atoms with Crippen LogP contribution >= 0.6 is 0 Å².